The first-order valence-corrected chi connectivity index (χ1v) is 3.35. The van der Waals surface area contributed by atoms with Gasteiger partial charge in [0.05, 0.1) is 0 Å². The van der Waals surface area contributed by atoms with Crippen molar-refractivity contribution in [1.29, 1.82) is 0 Å². The van der Waals surface area contributed by atoms with Gasteiger partial charge in [0.2, 0.25) is 0 Å². The first-order chi connectivity index (χ1) is 4.89. The van der Waals surface area contributed by atoms with Crippen molar-refractivity contribution in [2.45, 2.75) is 6.42 Å². The van der Waals surface area contributed by atoms with Gasteiger partial charge in [0.15, 0.2) is 0 Å². The lowest BCUT2D eigenvalue weighted by atomic mass is 10.3. The summed E-state index contributed by atoms with van der Waals surface area (Å²) in [6, 6.07) is 0. The first kappa shape index (κ1) is 6.87. The van der Waals surface area contributed by atoms with Crippen molar-refractivity contribution in [3.05, 3.63) is 48.2 Å². The van der Waals surface area contributed by atoms with Crippen LogP contribution in [-0.4, -0.2) is 0 Å². The summed E-state index contributed by atoms with van der Waals surface area (Å²) in [5.41, 5.74) is 6.41. The Kier molecular flexibility index (Phi) is 2.56. The fraction of sp³-hybridized carbons (Fsp3) is 0.111. The van der Waals surface area contributed by atoms with Crippen molar-refractivity contribution in [2.75, 3.05) is 0 Å². The lowest BCUT2D eigenvalue weighted by molar-refractivity contribution is 1.30. The van der Waals surface area contributed by atoms with E-state index in [4.69, 9.17) is 5.73 Å². The number of allylic oxidation sites excluding steroid dienone is 7. The first-order valence-electron chi connectivity index (χ1n) is 3.35. The van der Waals surface area contributed by atoms with Gasteiger partial charge in [-0.15, -0.1) is 0 Å². The second-order valence-electron chi connectivity index (χ2n) is 2.11. The maximum absolute atomic E-state index is 5.58. The van der Waals surface area contributed by atoms with Crippen LogP contribution in [0.1, 0.15) is 6.42 Å². The Morgan fingerprint density at radius 3 is 2.80 bits per heavy atom. The molecule has 0 aromatic heterocycles. The quantitative estimate of drug-likeness (QED) is 0.536. The van der Waals surface area contributed by atoms with Crippen LogP contribution in [0, 0.1) is 0 Å². The molecule has 1 aliphatic rings. The van der Waals surface area contributed by atoms with E-state index in [1.54, 1.807) is 0 Å². The van der Waals surface area contributed by atoms with Crippen molar-refractivity contribution < 1.29 is 0 Å². The van der Waals surface area contributed by atoms with Crippen LogP contribution in [0.4, 0.5) is 0 Å². The van der Waals surface area contributed by atoms with Crippen molar-refractivity contribution in [1.82, 2.24) is 0 Å². The topological polar surface area (TPSA) is 26.0 Å². The van der Waals surface area contributed by atoms with Gasteiger partial charge in [-0.3, -0.25) is 0 Å². The number of rotatable bonds is 0. The van der Waals surface area contributed by atoms with Gasteiger partial charge in [0.1, 0.15) is 0 Å². The minimum absolute atomic E-state index is 0.830. The third kappa shape index (κ3) is 2.35. The van der Waals surface area contributed by atoms with E-state index in [1.165, 1.54) is 0 Å². The van der Waals surface area contributed by atoms with Gasteiger partial charge in [-0.25, -0.2) is 0 Å². The average Bonchev–Trinajstić information content (AvgIpc) is 2.02. The summed E-state index contributed by atoms with van der Waals surface area (Å²) in [4.78, 5) is 0. The fourth-order valence-electron chi connectivity index (χ4n) is 0.724. The molecule has 0 heterocycles. The Hall–Kier alpha value is -1.24. The highest BCUT2D eigenvalue weighted by Gasteiger charge is 1.80. The Bertz CT molecular complexity index is 204. The van der Waals surface area contributed by atoms with Gasteiger partial charge in [-0.1, -0.05) is 36.5 Å². The van der Waals surface area contributed by atoms with Crippen molar-refractivity contribution in [3.63, 3.8) is 0 Å². The summed E-state index contributed by atoms with van der Waals surface area (Å²) in [6.45, 7) is 0. The summed E-state index contributed by atoms with van der Waals surface area (Å²) in [5.74, 6) is 0. The van der Waals surface area contributed by atoms with Crippen LogP contribution < -0.4 is 5.73 Å². The second-order valence-corrected chi connectivity index (χ2v) is 2.11. The highest BCUT2D eigenvalue weighted by atomic mass is 14.5. The molecule has 1 aliphatic carbocycles. The number of nitrogens with two attached hydrogens (primary N) is 1. The molecule has 1 nitrogen and oxygen atoms in total. The average molecular weight is 133 g/mol. The lowest BCUT2D eigenvalue weighted by Gasteiger charge is -1.87. The largest absolute Gasteiger partial charge is 0.399 e. The van der Waals surface area contributed by atoms with Crippen LogP contribution in [0.15, 0.2) is 48.2 Å². The van der Waals surface area contributed by atoms with Crippen molar-refractivity contribution in [3.8, 4) is 0 Å². The van der Waals surface area contributed by atoms with E-state index in [2.05, 4.69) is 6.08 Å². The second kappa shape index (κ2) is 3.72. The number of hydrogen-bond donors (Lipinski definition) is 1. The summed E-state index contributed by atoms with van der Waals surface area (Å²) in [5, 5.41) is 0. The molecule has 1 rings (SSSR count). The molecule has 0 saturated heterocycles. The van der Waals surface area contributed by atoms with Gasteiger partial charge >= 0.3 is 0 Å². The molecule has 0 unspecified atom stereocenters. The molecular weight excluding hydrogens is 122 g/mol. The van der Waals surface area contributed by atoms with Crippen LogP contribution in [0.3, 0.4) is 0 Å². The van der Waals surface area contributed by atoms with Crippen LogP contribution >= 0.6 is 0 Å². The zero-order valence-corrected chi connectivity index (χ0v) is 5.83. The maximum Gasteiger partial charge on any atom is 0.0276 e. The molecule has 0 aromatic rings. The predicted octanol–water partition coefficient (Wildman–Crippen LogP) is 1.90. The Balaban J connectivity index is 2.72. The van der Waals surface area contributed by atoms with Crippen LogP contribution in [-0.2, 0) is 0 Å². The normalized spacial score (nSPS) is 32.2. The van der Waals surface area contributed by atoms with E-state index in [0.29, 0.717) is 0 Å². The van der Waals surface area contributed by atoms with Gasteiger partial charge < -0.3 is 5.73 Å². The Morgan fingerprint density at radius 2 is 1.90 bits per heavy atom. The molecule has 0 amide bonds. The van der Waals surface area contributed by atoms with E-state index in [-0.39, 0.29) is 0 Å². The Labute approximate surface area is 61.2 Å². The standard InChI is InChI=1S/C9H11N/c10-9-7-5-3-1-2-4-6-8-9/h1-5,7-8H,6,10H2/b3-1-,4-2-,7-5+,9-8+. The monoisotopic (exact) mass is 133 g/mol. The minimum Gasteiger partial charge on any atom is -0.399 e. The third-order valence-electron chi connectivity index (χ3n) is 1.25. The smallest absolute Gasteiger partial charge is 0.0276 e. The molecule has 10 heavy (non-hydrogen) atoms. The molecule has 1 heteroatoms. The predicted molar refractivity (Wildman–Crippen MR) is 44.3 cm³/mol. The van der Waals surface area contributed by atoms with Gasteiger partial charge in [-0.05, 0) is 12.5 Å². The van der Waals surface area contributed by atoms with Crippen LogP contribution in [0.2, 0.25) is 0 Å². The molecule has 0 radical (unpaired) electrons. The zero-order chi connectivity index (χ0) is 7.23. The molecule has 0 saturated carbocycles. The maximum atomic E-state index is 5.58. The molecule has 0 aliphatic heterocycles. The van der Waals surface area contributed by atoms with E-state index in [1.807, 2.05) is 36.5 Å². The zero-order valence-electron chi connectivity index (χ0n) is 5.83. The van der Waals surface area contributed by atoms with E-state index in [9.17, 15) is 0 Å². The molecule has 0 atom stereocenters. The summed E-state index contributed by atoms with van der Waals surface area (Å²) >= 11 is 0. The molecule has 52 valence electrons. The van der Waals surface area contributed by atoms with Crippen LogP contribution in [0.5, 0.6) is 0 Å². The summed E-state index contributed by atoms with van der Waals surface area (Å²) in [6.07, 6.45) is 14.8. The van der Waals surface area contributed by atoms with Crippen molar-refractivity contribution in [2.24, 2.45) is 5.73 Å². The molecule has 0 fully saturated rings. The van der Waals surface area contributed by atoms with Crippen molar-refractivity contribution >= 4 is 0 Å². The third-order valence-corrected chi connectivity index (χ3v) is 1.25. The highest BCUT2D eigenvalue weighted by molar-refractivity contribution is 5.23. The summed E-state index contributed by atoms with van der Waals surface area (Å²) in [7, 11) is 0. The SMILES string of the molecule is NC1=C/C\C=C/C=C\C=C\1. The lowest BCUT2D eigenvalue weighted by Crippen LogP contribution is -1.90. The fourth-order valence-corrected chi connectivity index (χ4v) is 0.724. The van der Waals surface area contributed by atoms with Gasteiger partial charge in [0.25, 0.3) is 0 Å². The molecule has 0 bridgehead atoms. The molecule has 0 spiro atoms. The van der Waals surface area contributed by atoms with Crippen LogP contribution in [0.25, 0.3) is 0 Å². The highest BCUT2D eigenvalue weighted by Crippen LogP contribution is 1.96. The van der Waals surface area contributed by atoms with E-state index in [0.717, 1.165) is 12.1 Å². The number of hydrogen-bond acceptors (Lipinski definition) is 1. The molecule has 0 aromatic carbocycles. The summed E-state index contributed by atoms with van der Waals surface area (Å²) < 4.78 is 0. The Morgan fingerprint density at radius 1 is 1.10 bits per heavy atom. The van der Waals surface area contributed by atoms with Gasteiger partial charge in [0, 0.05) is 5.70 Å². The molecular formula is C9H11N. The van der Waals surface area contributed by atoms with E-state index < -0.39 is 0 Å². The molecule has 2 N–H and O–H groups in total. The van der Waals surface area contributed by atoms with Gasteiger partial charge in [-0.2, -0.15) is 0 Å². The minimum atomic E-state index is 0.830. The van der Waals surface area contributed by atoms with E-state index >= 15 is 0 Å².